The van der Waals surface area contributed by atoms with Crippen LogP contribution in [0.5, 0.6) is 0 Å². The van der Waals surface area contributed by atoms with Gasteiger partial charge in [-0.05, 0) is 39.5 Å². The summed E-state index contributed by atoms with van der Waals surface area (Å²) in [6.07, 6.45) is 11.8. The van der Waals surface area contributed by atoms with E-state index in [9.17, 15) is 9.59 Å². The first-order chi connectivity index (χ1) is 9.65. The van der Waals surface area contributed by atoms with Crippen molar-refractivity contribution in [3.63, 3.8) is 0 Å². The predicted octanol–water partition coefficient (Wildman–Crippen LogP) is 3.42. The number of carbonyl (C=O) groups is 2. The van der Waals surface area contributed by atoms with E-state index in [4.69, 9.17) is 9.47 Å². The van der Waals surface area contributed by atoms with Crippen LogP contribution in [0.4, 0.5) is 0 Å². The Kier molecular flexibility index (Phi) is 11.5. The molecule has 0 aromatic carbocycles. The smallest absolute Gasteiger partial charge is 0.330 e. The molecular formula is C16H26O4. The fourth-order valence-corrected chi connectivity index (χ4v) is 1.81. The molecule has 0 amide bonds. The first-order valence-electron chi connectivity index (χ1n) is 7.20. The van der Waals surface area contributed by atoms with Crippen LogP contribution in [0.2, 0.25) is 0 Å². The number of hydrogen-bond acceptors (Lipinski definition) is 4. The van der Waals surface area contributed by atoms with Gasteiger partial charge in [0, 0.05) is 12.0 Å². The predicted molar refractivity (Wildman–Crippen MR) is 79.2 cm³/mol. The van der Waals surface area contributed by atoms with E-state index in [1.807, 2.05) is 13.8 Å². The van der Waals surface area contributed by atoms with Crippen LogP contribution >= 0.6 is 0 Å². The fraction of sp³-hybridized carbons (Fsp3) is 0.625. The van der Waals surface area contributed by atoms with E-state index in [1.165, 1.54) is 18.9 Å². The molecule has 0 radical (unpaired) electrons. The Labute approximate surface area is 121 Å². The van der Waals surface area contributed by atoms with Crippen LogP contribution in [0.3, 0.4) is 0 Å². The molecule has 0 saturated carbocycles. The van der Waals surface area contributed by atoms with E-state index >= 15 is 0 Å². The zero-order chi connectivity index (χ0) is 15.2. The summed E-state index contributed by atoms with van der Waals surface area (Å²) >= 11 is 0. The van der Waals surface area contributed by atoms with Gasteiger partial charge in [-0.15, -0.1) is 0 Å². The van der Waals surface area contributed by atoms with Crippen molar-refractivity contribution in [2.24, 2.45) is 5.92 Å². The van der Waals surface area contributed by atoms with Crippen molar-refractivity contribution in [3.8, 4) is 0 Å². The molecule has 1 aliphatic rings. The Morgan fingerprint density at radius 2 is 2.25 bits per heavy atom. The Bertz CT molecular complexity index is 320. The molecule has 0 bridgehead atoms. The lowest BCUT2D eigenvalue weighted by Crippen LogP contribution is -2.19. The maximum absolute atomic E-state index is 10.5. The summed E-state index contributed by atoms with van der Waals surface area (Å²) in [5.41, 5.74) is 0. The van der Waals surface area contributed by atoms with Gasteiger partial charge >= 0.3 is 5.97 Å². The number of ether oxygens (including phenoxy) is 2. The summed E-state index contributed by atoms with van der Waals surface area (Å²) in [7, 11) is 0. The van der Waals surface area contributed by atoms with Crippen LogP contribution in [0.1, 0.15) is 46.5 Å². The third-order valence-corrected chi connectivity index (χ3v) is 2.92. The molecule has 0 saturated heterocycles. The Hall–Kier alpha value is -1.58. The van der Waals surface area contributed by atoms with Crippen molar-refractivity contribution in [3.05, 3.63) is 24.3 Å². The summed E-state index contributed by atoms with van der Waals surface area (Å²) in [5, 5.41) is 0. The number of allylic oxidation sites excluding steroid dienone is 2. The highest BCUT2D eigenvalue weighted by Crippen LogP contribution is 2.21. The van der Waals surface area contributed by atoms with Gasteiger partial charge in [0.05, 0.1) is 6.61 Å². The van der Waals surface area contributed by atoms with E-state index in [2.05, 4.69) is 12.2 Å². The summed E-state index contributed by atoms with van der Waals surface area (Å²) in [6, 6.07) is 0. The van der Waals surface area contributed by atoms with Crippen LogP contribution in [-0.4, -0.2) is 25.2 Å². The molecule has 20 heavy (non-hydrogen) atoms. The van der Waals surface area contributed by atoms with Gasteiger partial charge in [-0.25, -0.2) is 4.79 Å². The van der Waals surface area contributed by atoms with Gasteiger partial charge in [0.2, 0.25) is 0 Å². The van der Waals surface area contributed by atoms with E-state index in [0.29, 0.717) is 19.0 Å². The Morgan fingerprint density at radius 3 is 2.75 bits per heavy atom. The van der Waals surface area contributed by atoms with Gasteiger partial charge in [-0.3, -0.25) is 4.79 Å². The second-order valence-electron chi connectivity index (χ2n) is 4.63. The third-order valence-electron chi connectivity index (χ3n) is 2.92. The first-order valence-corrected chi connectivity index (χ1v) is 7.20. The molecule has 1 rings (SSSR count). The average molecular weight is 282 g/mol. The third kappa shape index (κ3) is 9.36. The molecule has 0 fully saturated rings. The highest BCUT2D eigenvalue weighted by molar-refractivity contribution is 5.81. The van der Waals surface area contributed by atoms with Gasteiger partial charge < -0.3 is 9.47 Å². The highest BCUT2D eigenvalue weighted by atomic mass is 16.5. The van der Waals surface area contributed by atoms with Gasteiger partial charge in [-0.1, -0.05) is 25.2 Å². The molecule has 4 nitrogen and oxygen atoms in total. The lowest BCUT2D eigenvalue weighted by molar-refractivity contribution is -0.138. The van der Waals surface area contributed by atoms with Crippen molar-refractivity contribution in [2.45, 2.75) is 52.6 Å². The highest BCUT2D eigenvalue weighted by Gasteiger charge is 2.16. The molecule has 0 aliphatic heterocycles. The molecule has 0 heterocycles. The van der Waals surface area contributed by atoms with Gasteiger partial charge in [0.15, 0.2) is 0 Å². The van der Waals surface area contributed by atoms with E-state index in [1.54, 1.807) is 13.0 Å². The lowest BCUT2D eigenvalue weighted by Gasteiger charge is -2.21. The number of rotatable bonds is 6. The minimum Gasteiger partial charge on any atom is -0.464 e. The van der Waals surface area contributed by atoms with Crippen LogP contribution in [0.25, 0.3) is 0 Å². The Balaban J connectivity index is 0.000000370. The number of esters is 1. The van der Waals surface area contributed by atoms with Crippen LogP contribution in [0, 0.1) is 5.92 Å². The van der Waals surface area contributed by atoms with Crippen molar-refractivity contribution in [1.29, 1.82) is 0 Å². The van der Waals surface area contributed by atoms with E-state index in [0.717, 1.165) is 12.8 Å². The molecule has 0 aromatic heterocycles. The van der Waals surface area contributed by atoms with E-state index in [-0.39, 0.29) is 12.1 Å². The maximum Gasteiger partial charge on any atom is 0.330 e. The SMILES string of the molecule is CC(OC=O)C1C=CCCC1.CC=CC(=O)OCCC. The zero-order valence-electron chi connectivity index (χ0n) is 12.7. The largest absolute Gasteiger partial charge is 0.464 e. The minimum atomic E-state index is -0.251. The first kappa shape index (κ1) is 18.4. The van der Waals surface area contributed by atoms with Crippen LogP contribution in [0.15, 0.2) is 24.3 Å². The van der Waals surface area contributed by atoms with Gasteiger partial charge in [0.1, 0.15) is 6.10 Å². The van der Waals surface area contributed by atoms with Gasteiger partial charge in [-0.2, -0.15) is 0 Å². The average Bonchev–Trinajstić information content (AvgIpc) is 2.47. The van der Waals surface area contributed by atoms with Crippen molar-refractivity contribution >= 4 is 12.4 Å². The molecule has 0 aromatic rings. The summed E-state index contributed by atoms with van der Waals surface area (Å²) in [5.74, 6) is 0.188. The van der Waals surface area contributed by atoms with Crippen molar-refractivity contribution < 1.29 is 19.1 Å². The monoisotopic (exact) mass is 282 g/mol. The second kappa shape index (κ2) is 12.5. The van der Waals surface area contributed by atoms with Crippen LogP contribution < -0.4 is 0 Å². The van der Waals surface area contributed by atoms with Crippen LogP contribution in [-0.2, 0) is 19.1 Å². The number of carbonyl (C=O) groups excluding carboxylic acids is 2. The molecular weight excluding hydrogens is 256 g/mol. The summed E-state index contributed by atoms with van der Waals surface area (Å²) in [4.78, 5) is 20.5. The van der Waals surface area contributed by atoms with E-state index < -0.39 is 0 Å². The fourth-order valence-electron chi connectivity index (χ4n) is 1.81. The molecule has 4 heteroatoms. The minimum absolute atomic E-state index is 0.0454. The standard InChI is InChI=1S/C9H14O2.C7H12O2/c1-8(11-7-10)9-5-3-2-4-6-9;1-3-5-7(8)9-6-4-2/h3,5,7-9H,2,4,6H2,1H3;3,5H,4,6H2,1-2H3. The maximum atomic E-state index is 10.5. The quantitative estimate of drug-likeness (QED) is 0.324. The second-order valence-corrected chi connectivity index (χ2v) is 4.63. The summed E-state index contributed by atoms with van der Waals surface area (Å²) in [6.45, 7) is 6.74. The van der Waals surface area contributed by atoms with Crippen molar-refractivity contribution in [2.75, 3.05) is 6.61 Å². The normalized spacial score (nSPS) is 18.9. The molecule has 2 unspecified atom stereocenters. The number of hydrogen-bond donors (Lipinski definition) is 0. The molecule has 114 valence electrons. The van der Waals surface area contributed by atoms with Crippen molar-refractivity contribution in [1.82, 2.24) is 0 Å². The molecule has 0 N–H and O–H groups in total. The Morgan fingerprint density at radius 1 is 1.50 bits per heavy atom. The molecule has 1 aliphatic carbocycles. The summed E-state index contributed by atoms with van der Waals surface area (Å²) < 4.78 is 9.56. The zero-order valence-corrected chi connectivity index (χ0v) is 12.7. The topological polar surface area (TPSA) is 52.6 Å². The molecule has 2 atom stereocenters. The lowest BCUT2D eigenvalue weighted by atomic mass is 9.92. The molecule has 0 spiro atoms. The van der Waals surface area contributed by atoms with Gasteiger partial charge in [0.25, 0.3) is 6.47 Å².